The highest BCUT2D eigenvalue weighted by Gasteiger charge is 2.34. The first-order valence-electron chi connectivity index (χ1n) is 14.5. The molecule has 2 heterocycles. The van der Waals surface area contributed by atoms with E-state index < -0.39 is 24.2 Å². The van der Waals surface area contributed by atoms with Crippen LogP contribution in [-0.4, -0.2) is 60.5 Å². The van der Waals surface area contributed by atoms with E-state index in [-0.39, 0.29) is 30.2 Å². The van der Waals surface area contributed by atoms with E-state index in [1.54, 1.807) is 13.0 Å². The molecule has 0 radical (unpaired) electrons. The average molecular weight is 593 g/mol. The lowest BCUT2D eigenvalue weighted by molar-refractivity contribution is -0.143. The molecule has 2 N–H and O–H groups in total. The molecule has 42 heavy (non-hydrogen) atoms. The van der Waals surface area contributed by atoms with Crippen molar-refractivity contribution >= 4 is 50.8 Å². The van der Waals surface area contributed by atoms with Gasteiger partial charge in [0.1, 0.15) is 12.1 Å². The standard InChI is InChI=1S/C32H40N4O5S/c1-5-21(2)18-27(34-31(39)26-15-16-28(37)33-26)35(19-24-12-8-11-23-10-6-7-13-25(23)24)20-29(38)36(22(3)32(40)41-4)30-14-9-17-42-30/h6-14,17,21-22,26-27H,5,15-16,18-20H2,1-4H3,(H,33,37)(H,34,39)/t21-,22-,26-,27?/m0/s1. The molecule has 9 nitrogen and oxygen atoms in total. The van der Waals surface area contributed by atoms with Gasteiger partial charge in [-0.2, -0.15) is 0 Å². The van der Waals surface area contributed by atoms with Gasteiger partial charge in [0.05, 0.1) is 24.8 Å². The maximum Gasteiger partial charge on any atom is 0.328 e. The second-order valence-corrected chi connectivity index (χ2v) is 11.8. The molecular formula is C32H40N4O5S. The van der Waals surface area contributed by atoms with Gasteiger partial charge in [-0.05, 0) is 59.5 Å². The van der Waals surface area contributed by atoms with Gasteiger partial charge in [-0.25, -0.2) is 4.79 Å². The van der Waals surface area contributed by atoms with Crippen LogP contribution >= 0.6 is 11.3 Å². The largest absolute Gasteiger partial charge is 0.467 e. The fourth-order valence-electron chi connectivity index (χ4n) is 5.31. The molecule has 1 unspecified atom stereocenters. The number of methoxy groups -OCH3 is 1. The van der Waals surface area contributed by atoms with Crippen molar-refractivity contribution < 1.29 is 23.9 Å². The number of rotatable bonds is 13. The van der Waals surface area contributed by atoms with Crippen molar-refractivity contribution in [3.63, 3.8) is 0 Å². The minimum Gasteiger partial charge on any atom is -0.467 e. The number of thiophene rings is 1. The van der Waals surface area contributed by atoms with E-state index in [2.05, 4.69) is 30.5 Å². The van der Waals surface area contributed by atoms with Crippen LogP contribution in [-0.2, 0) is 30.5 Å². The van der Waals surface area contributed by atoms with Crippen molar-refractivity contribution in [1.29, 1.82) is 0 Å². The van der Waals surface area contributed by atoms with Gasteiger partial charge in [-0.3, -0.25) is 24.2 Å². The number of carbonyl (C=O) groups is 4. The monoisotopic (exact) mass is 592 g/mol. The minimum absolute atomic E-state index is 0.0547. The Kier molecular flexibility index (Phi) is 10.7. The van der Waals surface area contributed by atoms with E-state index in [9.17, 15) is 19.2 Å². The molecule has 3 amide bonds. The maximum absolute atomic E-state index is 14.1. The Bertz CT molecular complexity index is 1390. The number of hydrogen-bond acceptors (Lipinski definition) is 7. The van der Waals surface area contributed by atoms with Crippen LogP contribution in [0.2, 0.25) is 0 Å². The fourth-order valence-corrected chi connectivity index (χ4v) is 6.14. The van der Waals surface area contributed by atoms with Crippen LogP contribution in [0.4, 0.5) is 5.00 Å². The SMILES string of the molecule is CC[C@H](C)CC(NC(=O)[C@@H]1CCC(=O)N1)N(CC(=O)N(c1cccs1)[C@@H](C)C(=O)OC)Cc1cccc2ccccc12. The van der Waals surface area contributed by atoms with E-state index in [4.69, 9.17) is 4.74 Å². The first-order chi connectivity index (χ1) is 20.2. The van der Waals surface area contributed by atoms with E-state index in [1.807, 2.05) is 52.7 Å². The van der Waals surface area contributed by atoms with Crippen LogP contribution in [0.1, 0.15) is 52.0 Å². The Morgan fingerprint density at radius 3 is 2.52 bits per heavy atom. The van der Waals surface area contributed by atoms with Gasteiger partial charge in [-0.15, -0.1) is 11.3 Å². The summed E-state index contributed by atoms with van der Waals surface area (Å²) < 4.78 is 4.99. The number of esters is 1. The van der Waals surface area contributed by atoms with Crippen LogP contribution in [0.3, 0.4) is 0 Å². The maximum atomic E-state index is 14.1. The zero-order chi connectivity index (χ0) is 30.2. The summed E-state index contributed by atoms with van der Waals surface area (Å²) in [5, 5.41) is 10.6. The van der Waals surface area contributed by atoms with Crippen molar-refractivity contribution in [2.75, 3.05) is 18.6 Å². The number of fused-ring (bicyclic) bond motifs is 1. The predicted octanol–water partition coefficient (Wildman–Crippen LogP) is 4.46. The fraction of sp³-hybridized carbons (Fsp3) is 0.438. The molecule has 0 saturated carbocycles. The normalized spacial score (nSPS) is 17.0. The average Bonchev–Trinajstić information content (AvgIpc) is 3.68. The zero-order valence-electron chi connectivity index (χ0n) is 24.7. The van der Waals surface area contributed by atoms with Crippen molar-refractivity contribution in [2.24, 2.45) is 5.92 Å². The molecular weight excluding hydrogens is 552 g/mol. The third-order valence-electron chi connectivity index (χ3n) is 7.92. The smallest absolute Gasteiger partial charge is 0.328 e. The number of amides is 3. The third-order valence-corrected chi connectivity index (χ3v) is 8.79. The lowest BCUT2D eigenvalue weighted by Crippen LogP contribution is -2.56. The van der Waals surface area contributed by atoms with Crippen molar-refractivity contribution in [3.05, 3.63) is 65.5 Å². The van der Waals surface area contributed by atoms with Gasteiger partial charge in [0.15, 0.2) is 0 Å². The van der Waals surface area contributed by atoms with E-state index in [0.29, 0.717) is 30.8 Å². The molecule has 1 saturated heterocycles. The number of nitrogens with one attached hydrogen (secondary N) is 2. The van der Waals surface area contributed by atoms with Crippen molar-refractivity contribution in [1.82, 2.24) is 15.5 Å². The van der Waals surface area contributed by atoms with Crippen LogP contribution in [0.15, 0.2) is 60.0 Å². The van der Waals surface area contributed by atoms with Crippen LogP contribution in [0, 0.1) is 5.92 Å². The van der Waals surface area contributed by atoms with Crippen LogP contribution < -0.4 is 15.5 Å². The summed E-state index contributed by atoms with van der Waals surface area (Å²) in [6.07, 6.45) is 1.75. The number of hydrogen-bond donors (Lipinski definition) is 2. The van der Waals surface area contributed by atoms with Gasteiger partial charge in [0.25, 0.3) is 0 Å². The highest BCUT2D eigenvalue weighted by molar-refractivity contribution is 7.14. The molecule has 4 atom stereocenters. The van der Waals surface area contributed by atoms with Crippen molar-refractivity contribution in [2.45, 2.75) is 71.2 Å². The lowest BCUT2D eigenvalue weighted by atomic mass is 10.00. The quantitative estimate of drug-likeness (QED) is 0.224. The molecule has 4 rings (SSSR count). The first-order valence-corrected chi connectivity index (χ1v) is 15.3. The molecule has 1 fully saturated rings. The number of carbonyl (C=O) groups excluding carboxylic acids is 4. The highest BCUT2D eigenvalue weighted by atomic mass is 32.1. The molecule has 224 valence electrons. The van der Waals surface area contributed by atoms with Gasteiger partial charge in [-0.1, -0.05) is 62.7 Å². The van der Waals surface area contributed by atoms with Gasteiger partial charge in [0, 0.05) is 13.0 Å². The summed E-state index contributed by atoms with van der Waals surface area (Å²) >= 11 is 1.37. The molecule has 2 aromatic carbocycles. The third kappa shape index (κ3) is 7.54. The Hall–Kier alpha value is -3.76. The molecule has 0 bridgehead atoms. The highest BCUT2D eigenvalue weighted by Crippen LogP contribution is 2.27. The molecule has 0 aliphatic carbocycles. The Balaban J connectivity index is 1.71. The molecule has 10 heteroatoms. The summed E-state index contributed by atoms with van der Waals surface area (Å²) in [4.78, 5) is 55.4. The molecule has 3 aromatic rings. The summed E-state index contributed by atoms with van der Waals surface area (Å²) in [5.74, 6) is -0.949. The summed E-state index contributed by atoms with van der Waals surface area (Å²) in [6, 6.07) is 16.3. The Morgan fingerprint density at radius 1 is 1.10 bits per heavy atom. The van der Waals surface area contributed by atoms with Crippen molar-refractivity contribution in [3.8, 4) is 0 Å². The Morgan fingerprint density at radius 2 is 1.86 bits per heavy atom. The predicted molar refractivity (Wildman–Crippen MR) is 165 cm³/mol. The summed E-state index contributed by atoms with van der Waals surface area (Å²) in [7, 11) is 1.31. The number of anilines is 1. The molecule has 1 aliphatic rings. The lowest BCUT2D eigenvalue weighted by Gasteiger charge is -2.36. The molecule has 1 aromatic heterocycles. The minimum atomic E-state index is -0.836. The Labute approximate surface area is 251 Å². The number of nitrogens with zero attached hydrogens (tertiary/aromatic N) is 2. The second kappa shape index (κ2) is 14.4. The molecule has 0 spiro atoms. The molecule has 1 aliphatic heterocycles. The van der Waals surface area contributed by atoms with Gasteiger partial charge in [0.2, 0.25) is 17.7 Å². The summed E-state index contributed by atoms with van der Waals surface area (Å²) in [5.41, 5.74) is 1.02. The summed E-state index contributed by atoms with van der Waals surface area (Å²) in [6.45, 7) is 6.19. The van der Waals surface area contributed by atoms with E-state index >= 15 is 0 Å². The van der Waals surface area contributed by atoms with E-state index in [0.717, 1.165) is 22.8 Å². The topological polar surface area (TPSA) is 108 Å². The number of ether oxygens (including phenoxy) is 1. The van der Waals surface area contributed by atoms with E-state index in [1.165, 1.54) is 23.3 Å². The van der Waals surface area contributed by atoms with Crippen LogP contribution in [0.5, 0.6) is 0 Å². The van der Waals surface area contributed by atoms with Crippen LogP contribution in [0.25, 0.3) is 10.8 Å². The van der Waals surface area contributed by atoms with Gasteiger partial charge >= 0.3 is 5.97 Å². The second-order valence-electron chi connectivity index (χ2n) is 10.9. The zero-order valence-corrected chi connectivity index (χ0v) is 25.5. The number of benzene rings is 2. The first kappa shape index (κ1) is 31.2. The van der Waals surface area contributed by atoms with Gasteiger partial charge < -0.3 is 15.4 Å².